The Labute approximate surface area is 198 Å². The number of hydrogen-bond acceptors (Lipinski definition) is 7. The Morgan fingerprint density at radius 2 is 1.41 bits per heavy atom. The molecule has 0 spiro atoms. The Kier molecular flexibility index (Phi) is 12.4. The molecule has 2 heterocycles. The number of carbonyl (C=O) groups is 2. The van der Waals surface area contributed by atoms with Crippen LogP contribution in [-0.4, -0.2) is 38.3 Å². The highest BCUT2D eigenvalue weighted by Gasteiger charge is 2.13. The SMILES string of the molecule is CC(C)(C)OC(N)=O.CC(C)(C)OC(N)=O.O=[N+]([O-])c1ccccc1.c1cc2[nH]ccc2cn1. The number of carbonyl (C=O) groups excluding carboxylic acids is 2. The molecule has 0 radical (unpaired) electrons. The predicted molar refractivity (Wildman–Crippen MR) is 130 cm³/mol. The molecule has 0 atom stereocenters. The number of nitro benzene ring substituents is 1. The monoisotopic (exact) mass is 475 g/mol. The molecule has 2 amide bonds. The number of primary amides is 2. The molecule has 0 aliphatic carbocycles. The minimum atomic E-state index is -0.725. The van der Waals surface area contributed by atoms with Crippen molar-refractivity contribution in [2.45, 2.75) is 52.7 Å². The number of nitrogens with one attached hydrogen (secondary N) is 1. The summed E-state index contributed by atoms with van der Waals surface area (Å²) >= 11 is 0. The van der Waals surface area contributed by atoms with E-state index in [0.29, 0.717) is 0 Å². The first-order valence-corrected chi connectivity index (χ1v) is 10.1. The molecule has 0 bridgehead atoms. The van der Waals surface area contributed by atoms with Gasteiger partial charge in [-0.3, -0.25) is 15.1 Å². The highest BCUT2D eigenvalue weighted by Crippen LogP contribution is 2.08. The van der Waals surface area contributed by atoms with Gasteiger partial charge in [0.05, 0.1) is 4.92 Å². The third-order valence-corrected chi connectivity index (χ3v) is 3.13. The number of fused-ring (bicyclic) bond motifs is 1. The van der Waals surface area contributed by atoms with Gasteiger partial charge in [0.25, 0.3) is 5.69 Å². The molecular formula is C23H33N5O6. The number of aromatic amines is 1. The number of nitrogens with two attached hydrogens (primary N) is 2. The number of nitrogens with zero attached hydrogens (tertiary/aromatic N) is 2. The van der Waals surface area contributed by atoms with Crippen LogP contribution in [0, 0.1) is 10.1 Å². The highest BCUT2D eigenvalue weighted by molar-refractivity contribution is 5.77. The zero-order valence-corrected chi connectivity index (χ0v) is 20.3. The zero-order chi connectivity index (χ0) is 26.4. The highest BCUT2D eigenvalue weighted by atomic mass is 16.6. The van der Waals surface area contributed by atoms with Crippen LogP contribution in [0.25, 0.3) is 10.9 Å². The van der Waals surface area contributed by atoms with E-state index in [4.69, 9.17) is 11.5 Å². The summed E-state index contributed by atoms with van der Waals surface area (Å²) < 4.78 is 9.15. The molecule has 1 aromatic carbocycles. The Balaban J connectivity index is 0.000000428. The summed E-state index contributed by atoms with van der Waals surface area (Å²) in [6.45, 7) is 10.6. The first-order chi connectivity index (χ1) is 15.6. The normalized spacial score (nSPS) is 10.2. The van der Waals surface area contributed by atoms with Crippen molar-refractivity contribution in [1.29, 1.82) is 0 Å². The molecule has 11 heteroatoms. The van der Waals surface area contributed by atoms with Gasteiger partial charge in [0.2, 0.25) is 0 Å². The van der Waals surface area contributed by atoms with E-state index in [2.05, 4.69) is 19.4 Å². The lowest BCUT2D eigenvalue weighted by Crippen LogP contribution is -2.27. The van der Waals surface area contributed by atoms with Crippen LogP contribution in [0.3, 0.4) is 0 Å². The van der Waals surface area contributed by atoms with Crippen LogP contribution in [0.5, 0.6) is 0 Å². The average molecular weight is 476 g/mol. The van der Waals surface area contributed by atoms with Crippen LogP contribution in [0.4, 0.5) is 15.3 Å². The zero-order valence-electron chi connectivity index (χ0n) is 20.3. The maximum Gasteiger partial charge on any atom is 0.405 e. The molecule has 34 heavy (non-hydrogen) atoms. The first-order valence-electron chi connectivity index (χ1n) is 10.1. The molecule has 5 N–H and O–H groups in total. The van der Waals surface area contributed by atoms with Crippen LogP contribution in [-0.2, 0) is 9.47 Å². The number of amides is 2. The van der Waals surface area contributed by atoms with Gasteiger partial charge in [0, 0.05) is 41.6 Å². The van der Waals surface area contributed by atoms with Crippen molar-refractivity contribution in [2.75, 3.05) is 0 Å². The molecule has 11 nitrogen and oxygen atoms in total. The van der Waals surface area contributed by atoms with Crippen molar-refractivity contribution in [3.05, 3.63) is 71.2 Å². The number of non-ortho nitro benzene ring substituents is 1. The van der Waals surface area contributed by atoms with Crippen LogP contribution >= 0.6 is 0 Å². The van der Waals surface area contributed by atoms with Gasteiger partial charge in [0.1, 0.15) is 11.2 Å². The van der Waals surface area contributed by atoms with E-state index in [0.717, 1.165) is 10.9 Å². The van der Waals surface area contributed by atoms with Crippen molar-refractivity contribution < 1.29 is 24.0 Å². The second-order valence-corrected chi connectivity index (χ2v) is 8.60. The van der Waals surface area contributed by atoms with E-state index < -0.39 is 28.3 Å². The van der Waals surface area contributed by atoms with Gasteiger partial charge in [-0.05, 0) is 53.7 Å². The van der Waals surface area contributed by atoms with Gasteiger partial charge >= 0.3 is 12.2 Å². The van der Waals surface area contributed by atoms with Gasteiger partial charge in [-0.25, -0.2) is 9.59 Å². The number of ether oxygens (including phenoxy) is 2. The predicted octanol–water partition coefficient (Wildman–Crippen LogP) is 4.92. The van der Waals surface area contributed by atoms with Gasteiger partial charge in [-0.1, -0.05) is 18.2 Å². The summed E-state index contributed by atoms with van der Waals surface area (Å²) in [5.41, 5.74) is 9.81. The molecule has 0 aliphatic rings. The Bertz CT molecular complexity index is 967. The van der Waals surface area contributed by atoms with E-state index in [1.54, 1.807) is 65.9 Å². The molecule has 0 saturated carbocycles. The van der Waals surface area contributed by atoms with E-state index in [-0.39, 0.29) is 5.69 Å². The van der Waals surface area contributed by atoms with Crippen molar-refractivity contribution in [2.24, 2.45) is 11.5 Å². The second-order valence-electron chi connectivity index (χ2n) is 8.60. The number of hydrogen-bond donors (Lipinski definition) is 3. The van der Waals surface area contributed by atoms with Crippen LogP contribution in [0.15, 0.2) is 61.1 Å². The minimum Gasteiger partial charge on any atom is -0.444 e. The quantitative estimate of drug-likeness (QED) is 0.330. The number of rotatable bonds is 1. The Morgan fingerprint density at radius 3 is 1.74 bits per heavy atom. The molecule has 3 rings (SSSR count). The average Bonchev–Trinajstić information content (AvgIpc) is 3.15. The maximum absolute atomic E-state index is 10.0. The molecule has 0 fully saturated rings. The molecular weight excluding hydrogens is 442 g/mol. The van der Waals surface area contributed by atoms with Crippen molar-refractivity contribution in [3.8, 4) is 0 Å². The van der Waals surface area contributed by atoms with Crippen molar-refractivity contribution in [3.63, 3.8) is 0 Å². The summed E-state index contributed by atoms with van der Waals surface area (Å²) in [6, 6.07) is 11.9. The molecule has 3 aromatic rings. The van der Waals surface area contributed by atoms with Crippen LogP contribution in [0.2, 0.25) is 0 Å². The Hall–Kier alpha value is -4.15. The van der Waals surface area contributed by atoms with Crippen LogP contribution in [0.1, 0.15) is 41.5 Å². The molecule has 2 aromatic heterocycles. The summed E-state index contributed by atoms with van der Waals surface area (Å²) in [4.78, 5) is 36.7. The number of H-pyrrole nitrogens is 1. The largest absolute Gasteiger partial charge is 0.444 e. The van der Waals surface area contributed by atoms with E-state index in [9.17, 15) is 19.7 Å². The number of aromatic nitrogens is 2. The third kappa shape index (κ3) is 16.5. The number of benzene rings is 1. The summed E-state index contributed by atoms with van der Waals surface area (Å²) in [5.74, 6) is 0. The molecule has 0 saturated heterocycles. The number of para-hydroxylation sites is 1. The van der Waals surface area contributed by atoms with Crippen LogP contribution < -0.4 is 11.5 Å². The van der Waals surface area contributed by atoms with E-state index in [1.807, 2.05) is 24.5 Å². The maximum atomic E-state index is 10.0. The van der Waals surface area contributed by atoms with Gasteiger partial charge in [-0.2, -0.15) is 0 Å². The second kappa shape index (κ2) is 14.1. The van der Waals surface area contributed by atoms with Gasteiger partial charge in [-0.15, -0.1) is 0 Å². The van der Waals surface area contributed by atoms with Gasteiger partial charge in [0.15, 0.2) is 0 Å². The molecule has 0 aliphatic heterocycles. The van der Waals surface area contributed by atoms with Gasteiger partial charge < -0.3 is 25.9 Å². The van der Waals surface area contributed by atoms with E-state index >= 15 is 0 Å². The smallest absolute Gasteiger partial charge is 0.405 e. The summed E-state index contributed by atoms with van der Waals surface area (Å²) in [5, 5.41) is 11.2. The molecule has 186 valence electrons. The topological polar surface area (TPSA) is 176 Å². The van der Waals surface area contributed by atoms with Crippen molar-refractivity contribution in [1.82, 2.24) is 9.97 Å². The summed E-state index contributed by atoms with van der Waals surface area (Å²) in [7, 11) is 0. The lowest BCUT2D eigenvalue weighted by molar-refractivity contribution is -0.384. The summed E-state index contributed by atoms with van der Waals surface area (Å²) in [6.07, 6.45) is 4.08. The fourth-order valence-electron chi connectivity index (χ4n) is 2.05. The number of nitro groups is 1. The lowest BCUT2D eigenvalue weighted by Gasteiger charge is -2.16. The van der Waals surface area contributed by atoms with Crippen molar-refractivity contribution >= 4 is 28.8 Å². The first kappa shape index (κ1) is 29.9. The fourth-order valence-corrected chi connectivity index (χ4v) is 2.05. The fraction of sp³-hybridized carbons (Fsp3) is 0.348. The lowest BCUT2D eigenvalue weighted by atomic mass is 10.2. The minimum absolute atomic E-state index is 0.137. The standard InChI is InChI=1S/C7H6N2.C6H5NO2.2C5H11NO2/c1-4-9-7-2-3-8-5-6(1)7;8-7(9)6-4-2-1-3-5-6;2*1-5(2,3)8-4(6)7/h1-5,9H;1-5H;2*1-3H3,(H2,6,7). The third-order valence-electron chi connectivity index (χ3n) is 3.13. The Morgan fingerprint density at radius 1 is 0.912 bits per heavy atom. The van der Waals surface area contributed by atoms with E-state index in [1.165, 1.54) is 12.1 Å². The number of pyridine rings is 1. The molecule has 0 unspecified atom stereocenters.